The van der Waals surface area contributed by atoms with Gasteiger partial charge in [0.25, 0.3) is 0 Å². The van der Waals surface area contributed by atoms with Crippen LogP contribution in [0.1, 0.15) is 105 Å². The molecular weight excluding hydrogens is 534 g/mol. The molecule has 0 spiro atoms. The molecule has 1 amide bonds. The lowest BCUT2D eigenvalue weighted by Gasteiger charge is -2.58. The molecule has 7 heteroatoms. The van der Waals surface area contributed by atoms with Crippen molar-refractivity contribution in [1.29, 1.82) is 0 Å². The van der Waals surface area contributed by atoms with Gasteiger partial charge in [-0.15, -0.1) is 0 Å². The highest BCUT2D eigenvalue weighted by atomic mass is 16.6. The van der Waals surface area contributed by atoms with E-state index in [0.29, 0.717) is 23.9 Å². The Balaban J connectivity index is 1.19. The SMILES string of the molecule is CC(C)CCC[C@@H](C)[C@H]1CC[C@H]2[C@@H]3CC=C4C[C@@H](OC(=O)NCCNCCNCCNCCN)CC[C@]4(C)[C@H]3CC[C@]12C. The van der Waals surface area contributed by atoms with Crippen molar-refractivity contribution < 1.29 is 9.53 Å². The maximum Gasteiger partial charge on any atom is 0.407 e. The Morgan fingerprint density at radius 1 is 0.907 bits per heavy atom. The fourth-order valence-electron chi connectivity index (χ4n) is 10.0. The Morgan fingerprint density at radius 2 is 1.60 bits per heavy atom. The third-order valence-corrected chi connectivity index (χ3v) is 12.4. The van der Waals surface area contributed by atoms with Gasteiger partial charge in [-0.2, -0.15) is 0 Å². The molecular formula is C36H67N5O2. The monoisotopic (exact) mass is 602 g/mol. The summed E-state index contributed by atoms with van der Waals surface area (Å²) in [6.45, 7) is 19.1. The number of hydrogen-bond acceptors (Lipinski definition) is 6. The number of amides is 1. The van der Waals surface area contributed by atoms with E-state index >= 15 is 0 Å². The number of carbonyl (C=O) groups excluding carboxylic acids is 1. The van der Waals surface area contributed by atoms with Gasteiger partial charge in [-0.1, -0.05) is 65.5 Å². The van der Waals surface area contributed by atoms with Gasteiger partial charge < -0.3 is 31.7 Å². The lowest BCUT2D eigenvalue weighted by atomic mass is 9.47. The first-order valence-electron chi connectivity index (χ1n) is 18.1. The lowest BCUT2D eigenvalue weighted by Crippen LogP contribution is -2.51. The second-order valence-electron chi connectivity index (χ2n) is 15.5. The van der Waals surface area contributed by atoms with Crippen molar-refractivity contribution in [3.05, 3.63) is 11.6 Å². The summed E-state index contributed by atoms with van der Waals surface area (Å²) < 4.78 is 5.94. The van der Waals surface area contributed by atoms with Crippen molar-refractivity contribution in [2.24, 2.45) is 52.1 Å². The van der Waals surface area contributed by atoms with E-state index in [4.69, 9.17) is 10.5 Å². The van der Waals surface area contributed by atoms with Gasteiger partial charge in [-0.05, 0) is 91.3 Å². The molecule has 43 heavy (non-hydrogen) atoms. The van der Waals surface area contributed by atoms with Crippen LogP contribution in [0.25, 0.3) is 0 Å². The van der Waals surface area contributed by atoms with Crippen LogP contribution in [-0.2, 0) is 4.74 Å². The summed E-state index contributed by atoms with van der Waals surface area (Å²) in [7, 11) is 0. The molecule has 3 fully saturated rings. The number of hydrogen-bond donors (Lipinski definition) is 5. The minimum Gasteiger partial charge on any atom is -0.446 e. The summed E-state index contributed by atoms with van der Waals surface area (Å²) >= 11 is 0. The van der Waals surface area contributed by atoms with Gasteiger partial charge in [0.05, 0.1) is 0 Å². The summed E-state index contributed by atoms with van der Waals surface area (Å²) in [6.07, 6.45) is 16.6. The van der Waals surface area contributed by atoms with Crippen LogP contribution in [0.4, 0.5) is 4.79 Å². The van der Waals surface area contributed by atoms with E-state index in [1.165, 1.54) is 51.4 Å². The molecule has 7 nitrogen and oxygen atoms in total. The summed E-state index contributed by atoms with van der Waals surface area (Å²) in [4.78, 5) is 12.6. The van der Waals surface area contributed by atoms with Crippen LogP contribution in [0, 0.1) is 46.3 Å². The number of alkyl carbamates (subject to hydrolysis) is 1. The standard InChI is InChI=1S/C36H67N5O2/c1-26(2)7-6-8-27(3)31-11-12-32-30-10-9-28-25-29(13-15-35(28,4)33(30)14-16-36(31,32)5)43-34(42)41-24-23-40-22-21-39-20-19-38-18-17-37/h9,26-27,29-33,38-40H,6-8,10-25,37H2,1-5H3,(H,41,42)/t27-,29+,30+,31-,32+,33+,35+,36-/m1/s1. The molecule has 0 bridgehead atoms. The zero-order chi connectivity index (χ0) is 30.9. The zero-order valence-electron chi connectivity index (χ0n) is 28.4. The second kappa shape index (κ2) is 16.4. The van der Waals surface area contributed by atoms with E-state index in [9.17, 15) is 4.79 Å². The number of nitrogens with two attached hydrogens (primary N) is 1. The average molecular weight is 602 g/mol. The Labute approximate surface area is 264 Å². The van der Waals surface area contributed by atoms with E-state index in [0.717, 1.165) is 94.0 Å². The van der Waals surface area contributed by atoms with Gasteiger partial charge in [0, 0.05) is 58.8 Å². The molecule has 4 aliphatic rings. The van der Waals surface area contributed by atoms with Crippen LogP contribution in [-0.4, -0.2) is 64.6 Å². The van der Waals surface area contributed by atoms with Crippen molar-refractivity contribution in [2.45, 2.75) is 111 Å². The molecule has 0 radical (unpaired) electrons. The first-order chi connectivity index (χ1) is 20.7. The van der Waals surface area contributed by atoms with E-state index in [2.05, 4.69) is 62.0 Å². The number of carbonyl (C=O) groups is 1. The number of nitrogens with one attached hydrogen (secondary N) is 4. The Morgan fingerprint density at radius 3 is 2.30 bits per heavy atom. The number of ether oxygens (including phenoxy) is 1. The molecule has 0 aliphatic heterocycles. The summed E-state index contributed by atoms with van der Waals surface area (Å²) in [5.41, 5.74) is 7.89. The number of fused-ring (bicyclic) bond motifs is 5. The van der Waals surface area contributed by atoms with Crippen LogP contribution in [0.5, 0.6) is 0 Å². The molecule has 0 aromatic rings. The van der Waals surface area contributed by atoms with E-state index < -0.39 is 0 Å². The van der Waals surface area contributed by atoms with Crippen LogP contribution in [0.2, 0.25) is 0 Å². The van der Waals surface area contributed by atoms with Crippen LogP contribution >= 0.6 is 0 Å². The molecule has 3 saturated carbocycles. The molecule has 0 aromatic heterocycles. The molecule has 0 aromatic carbocycles. The second-order valence-corrected chi connectivity index (χ2v) is 15.5. The fraction of sp³-hybridized carbons (Fsp3) is 0.917. The van der Waals surface area contributed by atoms with Gasteiger partial charge in [0.15, 0.2) is 0 Å². The third kappa shape index (κ3) is 8.77. The maximum absolute atomic E-state index is 12.6. The molecule has 6 N–H and O–H groups in total. The minimum absolute atomic E-state index is 0.0114. The van der Waals surface area contributed by atoms with E-state index in [1.54, 1.807) is 5.57 Å². The minimum atomic E-state index is -0.262. The quantitative estimate of drug-likeness (QED) is 0.106. The largest absolute Gasteiger partial charge is 0.446 e. The topological polar surface area (TPSA) is 100 Å². The lowest BCUT2D eigenvalue weighted by molar-refractivity contribution is -0.0581. The van der Waals surface area contributed by atoms with E-state index in [1.807, 2.05) is 0 Å². The highest BCUT2D eigenvalue weighted by Gasteiger charge is 2.59. The summed E-state index contributed by atoms with van der Waals surface area (Å²) in [6, 6.07) is 0. The molecule has 4 rings (SSSR count). The average Bonchev–Trinajstić information content (AvgIpc) is 3.33. The third-order valence-electron chi connectivity index (χ3n) is 12.4. The highest BCUT2D eigenvalue weighted by Crippen LogP contribution is 2.67. The highest BCUT2D eigenvalue weighted by molar-refractivity contribution is 5.67. The molecule has 4 aliphatic carbocycles. The maximum atomic E-state index is 12.6. The molecule has 248 valence electrons. The molecule has 0 saturated heterocycles. The first kappa shape index (κ1) is 34.7. The van der Waals surface area contributed by atoms with Crippen LogP contribution in [0.15, 0.2) is 11.6 Å². The van der Waals surface area contributed by atoms with Crippen molar-refractivity contribution in [2.75, 3.05) is 52.4 Å². The van der Waals surface area contributed by atoms with Crippen molar-refractivity contribution in [1.82, 2.24) is 21.3 Å². The van der Waals surface area contributed by atoms with Crippen LogP contribution in [0.3, 0.4) is 0 Å². The Kier molecular flexibility index (Phi) is 13.3. The zero-order valence-corrected chi connectivity index (χ0v) is 28.4. The summed E-state index contributed by atoms with van der Waals surface area (Å²) in [5, 5.41) is 13.0. The molecule has 0 unspecified atom stereocenters. The number of rotatable bonds is 17. The van der Waals surface area contributed by atoms with Crippen molar-refractivity contribution >= 4 is 6.09 Å². The predicted octanol–water partition coefficient (Wildman–Crippen LogP) is 5.85. The molecule has 8 atom stereocenters. The smallest absolute Gasteiger partial charge is 0.407 e. The van der Waals surface area contributed by atoms with Gasteiger partial charge >= 0.3 is 6.09 Å². The number of allylic oxidation sites excluding steroid dienone is 1. The van der Waals surface area contributed by atoms with Gasteiger partial charge in [-0.25, -0.2) is 4.79 Å². The first-order valence-corrected chi connectivity index (χ1v) is 18.1. The van der Waals surface area contributed by atoms with Crippen LogP contribution < -0.4 is 27.0 Å². The van der Waals surface area contributed by atoms with Crippen molar-refractivity contribution in [3.8, 4) is 0 Å². The van der Waals surface area contributed by atoms with E-state index in [-0.39, 0.29) is 12.2 Å². The summed E-state index contributed by atoms with van der Waals surface area (Å²) in [5.74, 6) is 5.14. The molecule has 0 heterocycles. The normalized spacial score (nSPS) is 34.2. The van der Waals surface area contributed by atoms with Gasteiger partial charge in [0.2, 0.25) is 0 Å². The van der Waals surface area contributed by atoms with Gasteiger partial charge in [0.1, 0.15) is 6.10 Å². The fourth-order valence-corrected chi connectivity index (χ4v) is 10.0. The Hall–Kier alpha value is -1.15. The van der Waals surface area contributed by atoms with Gasteiger partial charge in [-0.3, -0.25) is 0 Å². The Bertz CT molecular complexity index is 895. The van der Waals surface area contributed by atoms with Crippen molar-refractivity contribution in [3.63, 3.8) is 0 Å². The predicted molar refractivity (Wildman–Crippen MR) is 179 cm³/mol.